The van der Waals surface area contributed by atoms with Crippen molar-refractivity contribution >= 4 is 17.7 Å². The number of hydrogen-bond donors (Lipinski definition) is 1. The summed E-state index contributed by atoms with van der Waals surface area (Å²) >= 11 is 1.47. The van der Waals surface area contributed by atoms with E-state index in [0.717, 1.165) is 42.7 Å². The zero-order valence-electron chi connectivity index (χ0n) is 13.9. The predicted molar refractivity (Wildman–Crippen MR) is 93.1 cm³/mol. The molecule has 4 rings (SSSR count). The van der Waals surface area contributed by atoms with E-state index in [-0.39, 0.29) is 36.0 Å². The van der Waals surface area contributed by atoms with Crippen LogP contribution in [0.5, 0.6) is 0 Å². The van der Waals surface area contributed by atoms with E-state index >= 15 is 0 Å². The zero-order chi connectivity index (χ0) is 18.3. The molecule has 0 radical (unpaired) electrons. The van der Waals surface area contributed by atoms with Gasteiger partial charge in [-0.15, -0.1) is 0 Å². The topological polar surface area (TPSA) is 64.0 Å². The van der Waals surface area contributed by atoms with Crippen LogP contribution in [0.25, 0.3) is 0 Å². The predicted octanol–water partition coefficient (Wildman–Crippen LogP) is 2.36. The van der Waals surface area contributed by atoms with Crippen molar-refractivity contribution in [1.29, 1.82) is 0 Å². The van der Waals surface area contributed by atoms with Gasteiger partial charge in [-0.3, -0.25) is 14.2 Å². The Morgan fingerprint density at radius 3 is 2.85 bits per heavy atom. The molecule has 1 aliphatic heterocycles. The number of fused-ring (bicyclic) bond motifs is 2. The number of nitrogens with one attached hydrogen (secondary N) is 1. The zero-order valence-corrected chi connectivity index (χ0v) is 14.7. The third-order valence-corrected chi connectivity index (χ3v) is 5.91. The molecule has 1 aliphatic carbocycles. The fourth-order valence-corrected chi connectivity index (χ4v) is 4.63. The highest BCUT2D eigenvalue weighted by Crippen LogP contribution is 2.33. The highest BCUT2D eigenvalue weighted by atomic mass is 32.2. The molecule has 0 bridgehead atoms. The molecule has 1 aromatic carbocycles. The first kappa shape index (κ1) is 17.2. The number of halogens is 2. The molecule has 1 unspecified atom stereocenters. The smallest absolute Gasteiger partial charge is 0.257 e. The largest absolute Gasteiger partial charge is 0.352 e. The van der Waals surface area contributed by atoms with E-state index in [1.165, 1.54) is 17.8 Å². The lowest BCUT2D eigenvalue weighted by Crippen LogP contribution is -2.32. The van der Waals surface area contributed by atoms with Crippen molar-refractivity contribution in [3.05, 3.63) is 57.0 Å². The van der Waals surface area contributed by atoms with Crippen molar-refractivity contribution in [1.82, 2.24) is 14.9 Å². The molecule has 1 amide bonds. The Labute approximate surface area is 152 Å². The Kier molecular flexibility index (Phi) is 4.52. The number of nitrogens with zero attached hydrogens (tertiary/aromatic N) is 2. The summed E-state index contributed by atoms with van der Waals surface area (Å²) in [6, 6.07) is 3.30. The fourth-order valence-electron chi connectivity index (χ4n) is 3.48. The van der Waals surface area contributed by atoms with Gasteiger partial charge in [-0.2, -0.15) is 0 Å². The second-order valence-electron chi connectivity index (χ2n) is 6.49. The van der Waals surface area contributed by atoms with Crippen LogP contribution in [0.15, 0.2) is 28.2 Å². The van der Waals surface area contributed by atoms with Gasteiger partial charge in [0.05, 0.1) is 11.7 Å². The van der Waals surface area contributed by atoms with E-state index in [4.69, 9.17) is 0 Å². The molecule has 2 aliphatic rings. The van der Waals surface area contributed by atoms with Crippen molar-refractivity contribution in [2.24, 2.45) is 0 Å². The molecule has 1 atom stereocenters. The van der Waals surface area contributed by atoms with Gasteiger partial charge in [0.15, 0.2) is 5.16 Å². The summed E-state index contributed by atoms with van der Waals surface area (Å²) in [7, 11) is 0. The van der Waals surface area contributed by atoms with Crippen molar-refractivity contribution in [3.8, 4) is 0 Å². The van der Waals surface area contributed by atoms with Crippen LogP contribution in [0, 0.1) is 11.6 Å². The normalized spacial score (nSPS) is 17.8. The molecule has 0 fully saturated rings. The first-order valence-electron chi connectivity index (χ1n) is 8.51. The first-order chi connectivity index (χ1) is 12.5. The third-order valence-electron chi connectivity index (χ3n) is 4.82. The van der Waals surface area contributed by atoms with E-state index in [1.54, 1.807) is 4.57 Å². The Bertz CT molecular complexity index is 925. The Balaban J connectivity index is 1.47. The minimum absolute atomic E-state index is 0.0505. The molecule has 136 valence electrons. The van der Waals surface area contributed by atoms with E-state index in [2.05, 4.69) is 10.3 Å². The summed E-state index contributed by atoms with van der Waals surface area (Å²) in [5.74, 6) is -1.14. The molecule has 1 aromatic heterocycles. The quantitative estimate of drug-likeness (QED) is 0.831. The number of carbonyl (C=O) groups excluding carboxylic acids is 1. The molecule has 2 heterocycles. The van der Waals surface area contributed by atoms with Gasteiger partial charge in [-0.1, -0.05) is 17.8 Å². The summed E-state index contributed by atoms with van der Waals surface area (Å²) in [5.41, 5.74) is 1.42. The van der Waals surface area contributed by atoms with Crippen molar-refractivity contribution in [2.75, 3.05) is 5.75 Å². The van der Waals surface area contributed by atoms with Gasteiger partial charge in [0.1, 0.15) is 11.6 Å². The lowest BCUT2D eigenvalue weighted by molar-refractivity contribution is -0.121. The van der Waals surface area contributed by atoms with E-state index in [9.17, 15) is 18.4 Å². The van der Waals surface area contributed by atoms with E-state index < -0.39 is 11.6 Å². The maximum Gasteiger partial charge on any atom is 0.257 e. The number of rotatable bonds is 4. The Morgan fingerprint density at radius 2 is 2.08 bits per heavy atom. The highest BCUT2D eigenvalue weighted by molar-refractivity contribution is 7.99. The van der Waals surface area contributed by atoms with Gasteiger partial charge < -0.3 is 5.32 Å². The van der Waals surface area contributed by atoms with Gasteiger partial charge in [0, 0.05) is 29.8 Å². The lowest BCUT2D eigenvalue weighted by atomic mass is 10.1. The first-order valence-corrected chi connectivity index (χ1v) is 9.50. The molecule has 0 saturated carbocycles. The molecule has 0 saturated heterocycles. The van der Waals surface area contributed by atoms with Crippen LogP contribution in [0.4, 0.5) is 8.78 Å². The van der Waals surface area contributed by atoms with Crippen LogP contribution >= 0.6 is 11.8 Å². The van der Waals surface area contributed by atoms with Crippen molar-refractivity contribution < 1.29 is 13.6 Å². The number of hydrogen-bond acceptors (Lipinski definition) is 4. The molecular weight excluding hydrogens is 360 g/mol. The minimum atomic E-state index is -0.692. The molecule has 8 heteroatoms. The highest BCUT2D eigenvalue weighted by Gasteiger charge is 2.31. The van der Waals surface area contributed by atoms with Gasteiger partial charge in [0.2, 0.25) is 5.91 Å². The average molecular weight is 377 g/mol. The SMILES string of the molecule is O=C(CC1CSc2nc3c(c(=O)n21)CCC3)NCc1c(F)cccc1F. The molecule has 0 spiro atoms. The fraction of sp³-hybridized carbons (Fsp3) is 0.389. The van der Waals surface area contributed by atoms with Crippen LogP contribution in [0.1, 0.15) is 35.7 Å². The van der Waals surface area contributed by atoms with Crippen molar-refractivity contribution in [2.45, 2.75) is 43.4 Å². The lowest BCUT2D eigenvalue weighted by Gasteiger charge is -2.14. The number of thioether (sulfide) groups is 1. The molecule has 5 nitrogen and oxygen atoms in total. The summed E-state index contributed by atoms with van der Waals surface area (Å²) in [6.45, 7) is -0.221. The Morgan fingerprint density at radius 1 is 1.31 bits per heavy atom. The minimum Gasteiger partial charge on any atom is -0.352 e. The van der Waals surface area contributed by atoms with Gasteiger partial charge >= 0.3 is 0 Å². The van der Waals surface area contributed by atoms with Crippen LogP contribution in [0.3, 0.4) is 0 Å². The van der Waals surface area contributed by atoms with Crippen LogP contribution < -0.4 is 10.9 Å². The van der Waals surface area contributed by atoms with Gasteiger partial charge in [-0.25, -0.2) is 13.8 Å². The molecule has 2 aromatic rings. The average Bonchev–Trinajstić information content (AvgIpc) is 3.22. The second kappa shape index (κ2) is 6.83. The summed E-state index contributed by atoms with van der Waals surface area (Å²) in [5, 5.41) is 3.21. The van der Waals surface area contributed by atoms with Crippen LogP contribution in [0.2, 0.25) is 0 Å². The second-order valence-corrected chi connectivity index (χ2v) is 7.48. The van der Waals surface area contributed by atoms with Crippen LogP contribution in [-0.2, 0) is 24.2 Å². The Hall–Kier alpha value is -2.22. The summed E-state index contributed by atoms with van der Waals surface area (Å²) < 4.78 is 28.9. The number of aryl methyl sites for hydroxylation is 1. The number of aromatic nitrogens is 2. The number of carbonyl (C=O) groups is 1. The number of benzene rings is 1. The van der Waals surface area contributed by atoms with E-state index in [1.807, 2.05) is 0 Å². The molecule has 26 heavy (non-hydrogen) atoms. The van der Waals surface area contributed by atoms with E-state index in [0.29, 0.717) is 10.9 Å². The maximum atomic E-state index is 13.6. The van der Waals surface area contributed by atoms with Gasteiger partial charge in [0.25, 0.3) is 5.56 Å². The summed E-state index contributed by atoms with van der Waals surface area (Å²) in [6.07, 6.45) is 2.58. The van der Waals surface area contributed by atoms with Crippen molar-refractivity contribution in [3.63, 3.8) is 0 Å². The third kappa shape index (κ3) is 3.02. The molecular formula is C18H17F2N3O2S. The maximum absolute atomic E-state index is 13.6. The standard InChI is InChI=1S/C18H17F2N3O2S/c19-13-4-2-5-14(20)12(13)8-21-16(24)7-10-9-26-18-22-15-6-1-3-11(15)17(25)23(10)18/h2,4-5,10H,1,3,6-9H2,(H,21,24). The monoisotopic (exact) mass is 377 g/mol. The molecule has 1 N–H and O–H groups in total. The summed E-state index contributed by atoms with van der Waals surface area (Å²) in [4.78, 5) is 29.5. The number of amides is 1. The van der Waals surface area contributed by atoms with Gasteiger partial charge in [-0.05, 0) is 31.4 Å². The van der Waals surface area contributed by atoms with Crippen LogP contribution in [-0.4, -0.2) is 21.2 Å².